The summed E-state index contributed by atoms with van der Waals surface area (Å²) in [6.45, 7) is 3.87. The van der Waals surface area contributed by atoms with Gasteiger partial charge in [-0.25, -0.2) is 13.4 Å². The quantitative estimate of drug-likeness (QED) is 0.873. The molecule has 6 heteroatoms. The van der Waals surface area contributed by atoms with Crippen LogP contribution in [0.2, 0.25) is 0 Å². The molecule has 0 aromatic carbocycles. The minimum atomic E-state index is -2.87. The van der Waals surface area contributed by atoms with Crippen molar-refractivity contribution >= 4 is 9.84 Å². The molecule has 0 bridgehead atoms. The van der Waals surface area contributed by atoms with Gasteiger partial charge in [-0.15, -0.1) is 0 Å². The molecule has 0 radical (unpaired) electrons. The molecule has 1 aromatic rings. The van der Waals surface area contributed by atoms with E-state index in [1.807, 2.05) is 0 Å². The van der Waals surface area contributed by atoms with Crippen LogP contribution >= 0.6 is 0 Å². The van der Waals surface area contributed by atoms with Gasteiger partial charge in [-0.2, -0.15) is 0 Å². The summed E-state index contributed by atoms with van der Waals surface area (Å²) in [4.78, 5) is 4.70. The van der Waals surface area contributed by atoms with E-state index in [0.717, 1.165) is 50.3 Å². The summed E-state index contributed by atoms with van der Waals surface area (Å²) in [7, 11) is -2.87. The van der Waals surface area contributed by atoms with Gasteiger partial charge in [0, 0.05) is 37.7 Å². The highest BCUT2D eigenvalue weighted by Crippen LogP contribution is 2.29. The molecule has 106 valence electrons. The second-order valence-corrected chi connectivity index (χ2v) is 7.71. The highest BCUT2D eigenvalue weighted by atomic mass is 32.2. The van der Waals surface area contributed by atoms with Crippen molar-refractivity contribution in [3.63, 3.8) is 0 Å². The lowest BCUT2D eigenvalue weighted by Crippen LogP contribution is -2.31. The molecule has 1 unspecified atom stereocenters. The van der Waals surface area contributed by atoms with Crippen LogP contribution in [0.4, 0.5) is 0 Å². The Labute approximate surface area is 114 Å². The standard InChI is InChI=1S/C13H21N3O2S/c1-2-13-15-11-8-14-6-5-12(11)16(13)10-4-3-7-19(17,18)9-10/h10,14H,2-9H2,1H3. The van der Waals surface area contributed by atoms with E-state index in [4.69, 9.17) is 4.98 Å². The fraction of sp³-hybridized carbons (Fsp3) is 0.769. The first-order valence-electron chi connectivity index (χ1n) is 7.10. The number of aromatic nitrogens is 2. The van der Waals surface area contributed by atoms with Crippen molar-refractivity contribution in [1.29, 1.82) is 0 Å². The molecular weight excluding hydrogens is 262 g/mol. The summed E-state index contributed by atoms with van der Waals surface area (Å²) in [6, 6.07) is 0.100. The number of nitrogens with one attached hydrogen (secondary N) is 1. The zero-order valence-corrected chi connectivity index (χ0v) is 12.2. The van der Waals surface area contributed by atoms with Crippen LogP contribution in [-0.2, 0) is 29.2 Å². The second-order valence-electron chi connectivity index (χ2n) is 5.48. The lowest BCUT2D eigenvalue weighted by molar-refractivity contribution is 0.442. The van der Waals surface area contributed by atoms with Crippen LogP contribution in [0.15, 0.2) is 0 Å². The van der Waals surface area contributed by atoms with Gasteiger partial charge in [-0.05, 0) is 12.8 Å². The van der Waals surface area contributed by atoms with Crippen LogP contribution < -0.4 is 5.32 Å². The van der Waals surface area contributed by atoms with Gasteiger partial charge < -0.3 is 9.88 Å². The number of fused-ring (bicyclic) bond motifs is 1. The summed E-state index contributed by atoms with van der Waals surface area (Å²) in [5.41, 5.74) is 2.38. The van der Waals surface area contributed by atoms with Crippen molar-refractivity contribution in [2.24, 2.45) is 0 Å². The Kier molecular flexibility index (Phi) is 3.39. The molecule has 2 aliphatic rings. The minimum Gasteiger partial charge on any atom is -0.328 e. The fourth-order valence-electron chi connectivity index (χ4n) is 3.27. The van der Waals surface area contributed by atoms with Gasteiger partial charge in [-0.1, -0.05) is 6.92 Å². The van der Waals surface area contributed by atoms with E-state index in [9.17, 15) is 8.42 Å². The highest BCUT2D eigenvalue weighted by Gasteiger charge is 2.30. The molecule has 5 nitrogen and oxygen atoms in total. The number of hydrogen-bond donors (Lipinski definition) is 1. The fourth-order valence-corrected chi connectivity index (χ4v) is 4.95. The van der Waals surface area contributed by atoms with Crippen molar-refractivity contribution in [3.05, 3.63) is 17.2 Å². The molecule has 19 heavy (non-hydrogen) atoms. The Morgan fingerprint density at radius 3 is 3.05 bits per heavy atom. The maximum atomic E-state index is 11.9. The van der Waals surface area contributed by atoms with E-state index in [2.05, 4.69) is 16.8 Å². The first kappa shape index (κ1) is 13.1. The third kappa shape index (κ3) is 2.43. The summed E-state index contributed by atoms with van der Waals surface area (Å²) < 4.78 is 26.0. The third-order valence-corrected chi connectivity index (χ3v) is 5.92. The Bertz CT molecular complexity index is 577. The maximum absolute atomic E-state index is 11.9. The Morgan fingerprint density at radius 1 is 1.47 bits per heavy atom. The summed E-state index contributed by atoms with van der Waals surface area (Å²) in [5.74, 6) is 1.69. The summed E-state index contributed by atoms with van der Waals surface area (Å²) in [5, 5.41) is 3.33. The number of hydrogen-bond acceptors (Lipinski definition) is 4. The van der Waals surface area contributed by atoms with Crippen molar-refractivity contribution in [1.82, 2.24) is 14.9 Å². The van der Waals surface area contributed by atoms with Crippen molar-refractivity contribution in [2.45, 2.75) is 45.2 Å². The molecule has 1 saturated heterocycles. The van der Waals surface area contributed by atoms with Gasteiger partial charge in [0.15, 0.2) is 9.84 Å². The van der Waals surface area contributed by atoms with Gasteiger partial charge in [0.05, 0.1) is 17.2 Å². The van der Waals surface area contributed by atoms with Gasteiger partial charge in [-0.3, -0.25) is 0 Å². The van der Waals surface area contributed by atoms with Crippen molar-refractivity contribution in [3.8, 4) is 0 Å². The van der Waals surface area contributed by atoms with Crippen LogP contribution in [0.5, 0.6) is 0 Å². The zero-order valence-electron chi connectivity index (χ0n) is 11.4. The van der Waals surface area contributed by atoms with Gasteiger partial charge in [0.25, 0.3) is 0 Å². The topological polar surface area (TPSA) is 64.0 Å². The SMILES string of the molecule is CCc1nc2c(n1C1CCCS(=O)(=O)C1)CCNC2. The van der Waals surface area contributed by atoms with Gasteiger partial charge in [0.2, 0.25) is 0 Å². The number of sulfone groups is 1. The lowest BCUT2D eigenvalue weighted by Gasteiger charge is -2.27. The van der Waals surface area contributed by atoms with Crippen LogP contribution in [0, 0.1) is 0 Å². The molecule has 3 heterocycles. The first-order valence-corrected chi connectivity index (χ1v) is 8.93. The number of aryl methyl sites for hydroxylation is 1. The average molecular weight is 283 g/mol. The Balaban J connectivity index is 2.01. The van der Waals surface area contributed by atoms with E-state index in [-0.39, 0.29) is 11.8 Å². The van der Waals surface area contributed by atoms with E-state index in [1.165, 1.54) is 5.69 Å². The van der Waals surface area contributed by atoms with Crippen LogP contribution in [0.25, 0.3) is 0 Å². The molecule has 3 rings (SSSR count). The van der Waals surface area contributed by atoms with Crippen LogP contribution in [0.1, 0.15) is 43.0 Å². The first-order chi connectivity index (χ1) is 9.11. The van der Waals surface area contributed by atoms with E-state index in [1.54, 1.807) is 0 Å². The molecule has 0 saturated carbocycles. The molecular formula is C13H21N3O2S. The highest BCUT2D eigenvalue weighted by molar-refractivity contribution is 7.91. The monoisotopic (exact) mass is 283 g/mol. The molecule has 0 spiro atoms. The van der Waals surface area contributed by atoms with E-state index in [0.29, 0.717) is 5.75 Å². The van der Waals surface area contributed by atoms with Crippen LogP contribution in [0.3, 0.4) is 0 Å². The number of imidazole rings is 1. The smallest absolute Gasteiger partial charge is 0.152 e. The second kappa shape index (κ2) is 4.90. The van der Waals surface area contributed by atoms with E-state index < -0.39 is 9.84 Å². The molecule has 0 aliphatic carbocycles. The maximum Gasteiger partial charge on any atom is 0.152 e. The largest absolute Gasteiger partial charge is 0.328 e. The summed E-state index contributed by atoms with van der Waals surface area (Å²) >= 11 is 0. The van der Waals surface area contributed by atoms with Gasteiger partial charge in [0.1, 0.15) is 5.82 Å². The predicted octanol–water partition coefficient (Wildman–Crippen LogP) is 0.841. The van der Waals surface area contributed by atoms with Crippen LogP contribution in [-0.4, -0.2) is 36.0 Å². The molecule has 2 aliphatic heterocycles. The van der Waals surface area contributed by atoms with Crippen molar-refractivity contribution < 1.29 is 8.42 Å². The third-order valence-electron chi connectivity index (χ3n) is 4.12. The van der Waals surface area contributed by atoms with E-state index >= 15 is 0 Å². The number of nitrogens with zero attached hydrogens (tertiary/aromatic N) is 2. The lowest BCUT2D eigenvalue weighted by atomic mass is 10.1. The molecule has 0 amide bonds. The normalized spacial score (nSPS) is 26.1. The van der Waals surface area contributed by atoms with Gasteiger partial charge >= 0.3 is 0 Å². The molecule has 1 N–H and O–H groups in total. The Hall–Kier alpha value is -0.880. The summed E-state index contributed by atoms with van der Waals surface area (Å²) in [6.07, 6.45) is 3.56. The molecule has 1 fully saturated rings. The van der Waals surface area contributed by atoms with Crippen molar-refractivity contribution in [2.75, 3.05) is 18.1 Å². The molecule has 1 atom stereocenters. The molecule has 1 aromatic heterocycles. The zero-order chi connectivity index (χ0) is 13.5. The average Bonchev–Trinajstić information content (AvgIpc) is 2.75. The minimum absolute atomic E-state index is 0.100. The number of rotatable bonds is 2. The Morgan fingerprint density at radius 2 is 2.32 bits per heavy atom. The predicted molar refractivity (Wildman–Crippen MR) is 73.9 cm³/mol.